The SMILES string of the molecule is CCS(=O)(=O)N1CCc2cc(C(=O)Nc3ccc(F)cc3)ccc21. The predicted molar refractivity (Wildman–Crippen MR) is 91.3 cm³/mol. The highest BCUT2D eigenvalue weighted by molar-refractivity contribution is 7.92. The lowest BCUT2D eigenvalue weighted by Crippen LogP contribution is -2.30. The molecule has 1 aliphatic rings. The summed E-state index contributed by atoms with van der Waals surface area (Å²) >= 11 is 0. The molecule has 0 aromatic heterocycles. The third-order valence-corrected chi connectivity index (χ3v) is 5.78. The van der Waals surface area contributed by atoms with E-state index >= 15 is 0 Å². The van der Waals surface area contributed by atoms with Gasteiger partial charge in [0.15, 0.2) is 0 Å². The van der Waals surface area contributed by atoms with E-state index < -0.39 is 10.0 Å². The number of carbonyl (C=O) groups is 1. The molecule has 0 aliphatic carbocycles. The predicted octanol–water partition coefficient (Wildman–Crippen LogP) is 2.79. The van der Waals surface area contributed by atoms with Crippen molar-refractivity contribution in [3.8, 4) is 0 Å². The fourth-order valence-corrected chi connectivity index (χ4v) is 3.85. The Morgan fingerprint density at radius 2 is 1.92 bits per heavy atom. The van der Waals surface area contributed by atoms with Crippen molar-refractivity contribution in [2.45, 2.75) is 13.3 Å². The molecule has 1 N–H and O–H groups in total. The number of nitrogens with one attached hydrogen (secondary N) is 1. The van der Waals surface area contributed by atoms with Gasteiger partial charge < -0.3 is 5.32 Å². The fraction of sp³-hybridized carbons (Fsp3) is 0.235. The maximum atomic E-state index is 12.9. The Kier molecular flexibility index (Phi) is 4.28. The lowest BCUT2D eigenvalue weighted by Gasteiger charge is -2.18. The number of benzene rings is 2. The van der Waals surface area contributed by atoms with Crippen molar-refractivity contribution >= 4 is 27.3 Å². The van der Waals surface area contributed by atoms with E-state index in [-0.39, 0.29) is 17.5 Å². The molecule has 0 saturated heterocycles. The number of hydrogen-bond acceptors (Lipinski definition) is 3. The van der Waals surface area contributed by atoms with E-state index in [1.807, 2.05) is 0 Å². The number of nitrogens with zero attached hydrogens (tertiary/aromatic N) is 1. The standard InChI is InChI=1S/C17H17FN2O3S/c1-2-24(22,23)20-10-9-12-11-13(3-8-16(12)20)17(21)19-15-6-4-14(18)5-7-15/h3-8,11H,2,9-10H2,1H3,(H,19,21). The minimum Gasteiger partial charge on any atom is -0.322 e. The average molecular weight is 348 g/mol. The molecule has 7 heteroatoms. The number of rotatable bonds is 4. The number of fused-ring (bicyclic) bond motifs is 1. The zero-order chi connectivity index (χ0) is 17.3. The third kappa shape index (κ3) is 3.12. The van der Waals surface area contributed by atoms with Gasteiger partial charge in [-0.1, -0.05) is 0 Å². The molecule has 1 aliphatic heterocycles. The van der Waals surface area contributed by atoms with E-state index in [9.17, 15) is 17.6 Å². The van der Waals surface area contributed by atoms with Gasteiger partial charge in [-0.2, -0.15) is 0 Å². The summed E-state index contributed by atoms with van der Waals surface area (Å²) in [5.41, 5.74) is 2.40. The van der Waals surface area contributed by atoms with Crippen LogP contribution in [0.25, 0.3) is 0 Å². The largest absolute Gasteiger partial charge is 0.322 e. The average Bonchev–Trinajstić information content (AvgIpc) is 3.00. The minimum atomic E-state index is -3.30. The first kappa shape index (κ1) is 16.4. The number of hydrogen-bond donors (Lipinski definition) is 1. The van der Waals surface area contributed by atoms with Gasteiger partial charge >= 0.3 is 0 Å². The van der Waals surface area contributed by atoms with Crippen molar-refractivity contribution in [3.63, 3.8) is 0 Å². The molecule has 0 radical (unpaired) electrons. The minimum absolute atomic E-state index is 0.0409. The van der Waals surface area contributed by atoms with Gasteiger partial charge in [0.2, 0.25) is 10.0 Å². The molecule has 1 heterocycles. The molecule has 2 aromatic rings. The van der Waals surface area contributed by atoms with Crippen molar-refractivity contribution in [1.82, 2.24) is 0 Å². The molecule has 0 fully saturated rings. The van der Waals surface area contributed by atoms with Gasteiger partial charge in [-0.25, -0.2) is 12.8 Å². The van der Waals surface area contributed by atoms with Crippen LogP contribution in [-0.2, 0) is 16.4 Å². The molecule has 3 rings (SSSR count). The van der Waals surface area contributed by atoms with Crippen LogP contribution in [0.2, 0.25) is 0 Å². The summed E-state index contributed by atoms with van der Waals surface area (Å²) in [5, 5.41) is 2.69. The van der Waals surface area contributed by atoms with Gasteiger partial charge in [-0.15, -0.1) is 0 Å². The van der Waals surface area contributed by atoms with Crippen LogP contribution >= 0.6 is 0 Å². The number of amides is 1. The molecule has 5 nitrogen and oxygen atoms in total. The van der Waals surface area contributed by atoms with Crippen molar-refractivity contribution in [1.29, 1.82) is 0 Å². The topological polar surface area (TPSA) is 66.5 Å². The first-order valence-electron chi connectivity index (χ1n) is 7.61. The van der Waals surface area contributed by atoms with Crippen molar-refractivity contribution < 1.29 is 17.6 Å². The van der Waals surface area contributed by atoms with Crippen LogP contribution in [0.15, 0.2) is 42.5 Å². The Hall–Kier alpha value is -2.41. The van der Waals surface area contributed by atoms with E-state index in [1.54, 1.807) is 25.1 Å². The normalized spacial score (nSPS) is 13.7. The summed E-state index contributed by atoms with van der Waals surface area (Å²) in [7, 11) is -3.30. The second-order valence-corrected chi connectivity index (χ2v) is 7.71. The zero-order valence-electron chi connectivity index (χ0n) is 13.1. The van der Waals surface area contributed by atoms with Crippen LogP contribution in [0.4, 0.5) is 15.8 Å². The maximum absolute atomic E-state index is 12.9. The first-order valence-corrected chi connectivity index (χ1v) is 9.22. The van der Waals surface area contributed by atoms with Crippen LogP contribution in [0.1, 0.15) is 22.8 Å². The molecule has 0 unspecified atom stereocenters. The highest BCUT2D eigenvalue weighted by Gasteiger charge is 2.28. The number of sulfonamides is 1. The summed E-state index contributed by atoms with van der Waals surface area (Å²) in [6.45, 7) is 2.01. The lowest BCUT2D eigenvalue weighted by molar-refractivity contribution is 0.102. The Morgan fingerprint density at radius 3 is 2.58 bits per heavy atom. The number of anilines is 2. The van der Waals surface area contributed by atoms with Crippen LogP contribution < -0.4 is 9.62 Å². The second-order valence-electron chi connectivity index (χ2n) is 5.53. The van der Waals surface area contributed by atoms with Crippen LogP contribution in [-0.4, -0.2) is 26.6 Å². The van der Waals surface area contributed by atoms with Crippen LogP contribution in [0.5, 0.6) is 0 Å². The van der Waals surface area contributed by atoms with Gasteiger partial charge in [0.05, 0.1) is 11.4 Å². The van der Waals surface area contributed by atoms with Crippen molar-refractivity contribution in [2.24, 2.45) is 0 Å². The van der Waals surface area contributed by atoms with Gasteiger partial charge in [0, 0.05) is 17.8 Å². The molecule has 24 heavy (non-hydrogen) atoms. The van der Waals surface area contributed by atoms with E-state index in [4.69, 9.17) is 0 Å². The van der Waals surface area contributed by atoms with Gasteiger partial charge in [0.1, 0.15) is 5.82 Å². The fourth-order valence-electron chi connectivity index (χ4n) is 2.69. The van der Waals surface area contributed by atoms with E-state index in [0.29, 0.717) is 29.9 Å². The molecule has 1 amide bonds. The quantitative estimate of drug-likeness (QED) is 0.924. The summed E-state index contributed by atoms with van der Waals surface area (Å²) < 4.78 is 38.4. The monoisotopic (exact) mass is 348 g/mol. The Labute approximate surface area is 140 Å². The van der Waals surface area contributed by atoms with Crippen LogP contribution in [0, 0.1) is 5.82 Å². The van der Waals surface area contributed by atoms with E-state index in [0.717, 1.165) is 5.56 Å². The summed E-state index contributed by atoms with van der Waals surface area (Å²) in [6.07, 6.45) is 0.576. The molecule has 0 saturated carbocycles. The third-order valence-electron chi connectivity index (χ3n) is 4.00. The summed E-state index contributed by atoms with van der Waals surface area (Å²) in [4.78, 5) is 12.3. The van der Waals surface area contributed by atoms with E-state index in [2.05, 4.69) is 5.32 Å². The molecule has 126 valence electrons. The Bertz CT molecular complexity index is 879. The number of halogens is 1. The van der Waals surface area contributed by atoms with Gasteiger partial charge in [0.25, 0.3) is 5.91 Å². The summed E-state index contributed by atoms with van der Waals surface area (Å²) in [5.74, 6) is -0.650. The van der Waals surface area contributed by atoms with Crippen molar-refractivity contribution in [3.05, 3.63) is 59.4 Å². The van der Waals surface area contributed by atoms with Gasteiger partial charge in [-0.05, 0) is 61.4 Å². The molecule has 0 spiro atoms. The molecular weight excluding hydrogens is 331 g/mol. The van der Waals surface area contributed by atoms with Gasteiger partial charge in [-0.3, -0.25) is 9.10 Å². The van der Waals surface area contributed by atoms with E-state index in [1.165, 1.54) is 28.6 Å². The zero-order valence-corrected chi connectivity index (χ0v) is 13.9. The first-order chi connectivity index (χ1) is 11.4. The number of carbonyl (C=O) groups excluding carboxylic acids is 1. The Morgan fingerprint density at radius 1 is 1.21 bits per heavy atom. The van der Waals surface area contributed by atoms with Crippen LogP contribution in [0.3, 0.4) is 0 Å². The molecule has 2 aromatic carbocycles. The highest BCUT2D eigenvalue weighted by Crippen LogP contribution is 2.31. The maximum Gasteiger partial charge on any atom is 0.255 e. The smallest absolute Gasteiger partial charge is 0.255 e. The van der Waals surface area contributed by atoms with Crippen molar-refractivity contribution in [2.75, 3.05) is 21.9 Å². The molecular formula is C17H17FN2O3S. The highest BCUT2D eigenvalue weighted by atomic mass is 32.2. The second kappa shape index (κ2) is 6.24. The summed E-state index contributed by atoms with van der Waals surface area (Å²) in [6, 6.07) is 10.5. The molecule has 0 bridgehead atoms. The lowest BCUT2D eigenvalue weighted by atomic mass is 10.1. The molecule has 0 atom stereocenters. The Balaban J connectivity index is 1.82.